The maximum atomic E-state index is 11.6. The normalized spacial score (nSPS) is 9.69. The van der Waals surface area contributed by atoms with E-state index in [9.17, 15) is 4.79 Å². The Morgan fingerprint density at radius 3 is 2.62 bits per heavy atom. The number of carbonyl (C=O) groups excluding carboxylic acids is 1. The van der Waals surface area contributed by atoms with Crippen LogP contribution in [-0.4, -0.2) is 23.4 Å². The van der Waals surface area contributed by atoms with E-state index in [1.165, 1.54) is 0 Å². The van der Waals surface area contributed by atoms with Crippen molar-refractivity contribution in [2.24, 2.45) is 5.10 Å². The second-order valence-electron chi connectivity index (χ2n) is 3.26. The summed E-state index contributed by atoms with van der Waals surface area (Å²) < 4.78 is 0. The molecule has 1 N–H and O–H groups in total. The molecule has 0 bridgehead atoms. The van der Waals surface area contributed by atoms with Crippen LogP contribution < -0.4 is 5.43 Å². The van der Waals surface area contributed by atoms with Gasteiger partial charge in [-0.15, -0.1) is 23.2 Å². The van der Waals surface area contributed by atoms with E-state index in [1.54, 1.807) is 12.1 Å². The van der Waals surface area contributed by atoms with Gasteiger partial charge in [-0.3, -0.25) is 4.79 Å². The molecular formula is C11H12Cl2N2O. The van der Waals surface area contributed by atoms with E-state index in [0.29, 0.717) is 11.3 Å². The molecule has 0 spiro atoms. The Labute approximate surface area is 104 Å². The number of aryl methyl sites for hydroxylation is 1. The monoisotopic (exact) mass is 258 g/mol. The van der Waals surface area contributed by atoms with Crippen LogP contribution in [0, 0.1) is 6.92 Å². The van der Waals surface area contributed by atoms with Crippen LogP contribution in [0.4, 0.5) is 0 Å². The molecule has 0 aliphatic heterocycles. The van der Waals surface area contributed by atoms with Gasteiger partial charge < -0.3 is 0 Å². The Balaban J connectivity index is 2.69. The van der Waals surface area contributed by atoms with Crippen molar-refractivity contribution in [3.05, 3.63) is 35.4 Å². The van der Waals surface area contributed by atoms with Crippen molar-refractivity contribution in [1.29, 1.82) is 0 Å². The third kappa shape index (κ3) is 3.83. The zero-order valence-electron chi connectivity index (χ0n) is 8.84. The molecule has 1 amide bonds. The van der Waals surface area contributed by atoms with Gasteiger partial charge in [0, 0.05) is 5.56 Å². The Hall–Kier alpha value is -1.06. The number of rotatable bonds is 4. The van der Waals surface area contributed by atoms with E-state index < -0.39 is 0 Å². The van der Waals surface area contributed by atoms with Gasteiger partial charge in [0.2, 0.25) is 0 Å². The summed E-state index contributed by atoms with van der Waals surface area (Å²) in [6.45, 7) is 1.92. The SMILES string of the molecule is Cc1cccc(C(=O)NN=C(CCl)CCl)c1. The van der Waals surface area contributed by atoms with Crippen LogP contribution >= 0.6 is 23.2 Å². The molecule has 1 aromatic rings. The molecule has 0 unspecified atom stereocenters. The number of hydrogen-bond acceptors (Lipinski definition) is 2. The zero-order valence-corrected chi connectivity index (χ0v) is 10.3. The third-order valence-corrected chi connectivity index (χ3v) is 2.52. The molecular weight excluding hydrogens is 247 g/mol. The van der Waals surface area contributed by atoms with Crippen molar-refractivity contribution in [2.45, 2.75) is 6.92 Å². The number of amides is 1. The summed E-state index contributed by atoms with van der Waals surface area (Å²) in [5.41, 5.74) is 4.52. The lowest BCUT2D eigenvalue weighted by Gasteiger charge is -2.02. The lowest BCUT2D eigenvalue weighted by atomic mass is 10.1. The zero-order chi connectivity index (χ0) is 12.0. The topological polar surface area (TPSA) is 41.5 Å². The minimum atomic E-state index is -0.267. The van der Waals surface area contributed by atoms with Crippen LogP contribution in [0.1, 0.15) is 15.9 Å². The smallest absolute Gasteiger partial charge is 0.267 e. The Morgan fingerprint density at radius 1 is 1.38 bits per heavy atom. The molecule has 3 nitrogen and oxygen atoms in total. The first kappa shape index (κ1) is 13.0. The molecule has 86 valence electrons. The highest BCUT2D eigenvalue weighted by atomic mass is 35.5. The molecule has 5 heteroatoms. The van der Waals surface area contributed by atoms with Crippen LogP contribution in [-0.2, 0) is 0 Å². The van der Waals surface area contributed by atoms with Gasteiger partial charge in [0.1, 0.15) is 0 Å². The summed E-state index contributed by atoms with van der Waals surface area (Å²) in [7, 11) is 0. The van der Waals surface area contributed by atoms with E-state index in [-0.39, 0.29) is 17.7 Å². The third-order valence-electron chi connectivity index (χ3n) is 1.90. The van der Waals surface area contributed by atoms with Gasteiger partial charge in [-0.1, -0.05) is 17.7 Å². The van der Waals surface area contributed by atoms with Crippen molar-refractivity contribution in [3.8, 4) is 0 Å². The molecule has 0 radical (unpaired) electrons. The minimum absolute atomic E-state index is 0.206. The lowest BCUT2D eigenvalue weighted by molar-refractivity contribution is 0.0954. The minimum Gasteiger partial charge on any atom is -0.267 e. The maximum absolute atomic E-state index is 11.6. The van der Waals surface area contributed by atoms with Crippen LogP contribution in [0.3, 0.4) is 0 Å². The summed E-state index contributed by atoms with van der Waals surface area (Å²) >= 11 is 11.1. The number of alkyl halides is 2. The first-order valence-corrected chi connectivity index (χ1v) is 5.78. The van der Waals surface area contributed by atoms with Gasteiger partial charge >= 0.3 is 0 Å². The molecule has 16 heavy (non-hydrogen) atoms. The molecule has 0 saturated carbocycles. The molecule has 1 rings (SSSR count). The average molecular weight is 259 g/mol. The second-order valence-corrected chi connectivity index (χ2v) is 3.79. The fourth-order valence-corrected chi connectivity index (χ4v) is 1.48. The van der Waals surface area contributed by atoms with E-state index >= 15 is 0 Å². The number of benzene rings is 1. The van der Waals surface area contributed by atoms with Crippen molar-refractivity contribution in [1.82, 2.24) is 5.43 Å². The van der Waals surface area contributed by atoms with Crippen LogP contribution in [0.15, 0.2) is 29.4 Å². The predicted octanol–water partition coefficient (Wildman–Crippen LogP) is 2.56. The summed E-state index contributed by atoms with van der Waals surface area (Å²) in [4.78, 5) is 11.6. The van der Waals surface area contributed by atoms with Gasteiger partial charge in [-0.25, -0.2) is 5.43 Å². The average Bonchev–Trinajstić information content (AvgIpc) is 2.30. The van der Waals surface area contributed by atoms with Gasteiger partial charge in [-0.2, -0.15) is 5.10 Å². The molecule has 0 fully saturated rings. The highest BCUT2D eigenvalue weighted by Crippen LogP contribution is 2.03. The first-order valence-electron chi connectivity index (χ1n) is 4.71. The van der Waals surface area contributed by atoms with Crippen LogP contribution in [0.2, 0.25) is 0 Å². The van der Waals surface area contributed by atoms with E-state index in [4.69, 9.17) is 23.2 Å². The molecule has 0 atom stereocenters. The molecule has 0 heterocycles. The second kappa shape index (κ2) is 6.51. The standard InChI is InChI=1S/C11H12Cl2N2O/c1-8-3-2-4-9(5-8)11(16)15-14-10(6-12)7-13/h2-5H,6-7H2,1H3,(H,15,16). The van der Waals surface area contributed by atoms with Crippen molar-refractivity contribution in [2.75, 3.05) is 11.8 Å². The largest absolute Gasteiger partial charge is 0.271 e. The van der Waals surface area contributed by atoms with E-state index in [0.717, 1.165) is 5.56 Å². The number of carbonyl (C=O) groups is 1. The number of nitrogens with zero attached hydrogens (tertiary/aromatic N) is 1. The van der Waals surface area contributed by atoms with Gasteiger partial charge in [0.15, 0.2) is 0 Å². The van der Waals surface area contributed by atoms with Crippen molar-refractivity contribution >= 4 is 34.8 Å². The first-order chi connectivity index (χ1) is 7.67. The summed E-state index contributed by atoms with van der Waals surface area (Å²) in [6, 6.07) is 7.24. The lowest BCUT2D eigenvalue weighted by Crippen LogP contribution is -2.20. The van der Waals surface area contributed by atoms with Crippen molar-refractivity contribution in [3.63, 3.8) is 0 Å². The van der Waals surface area contributed by atoms with E-state index in [1.807, 2.05) is 19.1 Å². The number of halogens is 2. The van der Waals surface area contributed by atoms with E-state index in [2.05, 4.69) is 10.5 Å². The summed E-state index contributed by atoms with van der Waals surface area (Å²) in [5.74, 6) is 0.145. The van der Waals surface area contributed by atoms with Gasteiger partial charge in [-0.05, 0) is 19.1 Å². The molecule has 1 aromatic carbocycles. The van der Waals surface area contributed by atoms with Crippen molar-refractivity contribution < 1.29 is 4.79 Å². The summed E-state index contributed by atoms with van der Waals surface area (Å²) in [6.07, 6.45) is 0. The highest BCUT2D eigenvalue weighted by Gasteiger charge is 2.04. The Kier molecular flexibility index (Phi) is 5.29. The number of hydrogen-bond donors (Lipinski definition) is 1. The molecule has 0 saturated heterocycles. The molecule has 0 aliphatic carbocycles. The molecule has 0 aromatic heterocycles. The maximum Gasteiger partial charge on any atom is 0.271 e. The fourth-order valence-electron chi connectivity index (χ4n) is 1.08. The Morgan fingerprint density at radius 2 is 2.06 bits per heavy atom. The highest BCUT2D eigenvalue weighted by molar-refractivity contribution is 6.37. The number of nitrogens with one attached hydrogen (secondary N) is 1. The fraction of sp³-hybridized carbons (Fsp3) is 0.273. The van der Waals surface area contributed by atoms with Gasteiger partial charge in [0.25, 0.3) is 5.91 Å². The molecule has 0 aliphatic rings. The summed E-state index contributed by atoms with van der Waals surface area (Å²) in [5, 5.41) is 3.82. The van der Waals surface area contributed by atoms with Crippen LogP contribution in [0.5, 0.6) is 0 Å². The number of hydrazone groups is 1. The van der Waals surface area contributed by atoms with Gasteiger partial charge in [0.05, 0.1) is 17.5 Å². The van der Waals surface area contributed by atoms with Crippen LogP contribution in [0.25, 0.3) is 0 Å². The quantitative estimate of drug-likeness (QED) is 0.504. The Bertz CT molecular complexity index is 399. The predicted molar refractivity (Wildman–Crippen MR) is 67.5 cm³/mol.